The Morgan fingerprint density at radius 1 is 1.37 bits per heavy atom. The van der Waals surface area contributed by atoms with Crippen LogP contribution in [0.1, 0.15) is 20.8 Å². The van der Waals surface area contributed by atoms with E-state index < -0.39 is 0 Å². The van der Waals surface area contributed by atoms with E-state index in [4.69, 9.17) is 0 Å². The molecule has 1 heterocycles. The Morgan fingerprint density at radius 2 is 2.11 bits per heavy atom. The highest BCUT2D eigenvalue weighted by Gasteiger charge is 2.15. The van der Waals surface area contributed by atoms with E-state index in [1.165, 1.54) is 29.6 Å². The van der Waals surface area contributed by atoms with Gasteiger partial charge in [0.1, 0.15) is 4.88 Å². The lowest BCUT2D eigenvalue weighted by Crippen LogP contribution is -2.10. The molecule has 0 N–H and O–H groups in total. The van der Waals surface area contributed by atoms with Crippen molar-refractivity contribution in [3.63, 3.8) is 0 Å². The molecule has 100 valence electrons. The molecule has 0 aliphatic heterocycles. The van der Waals surface area contributed by atoms with Gasteiger partial charge in [0.2, 0.25) is 0 Å². The molecule has 0 saturated carbocycles. The zero-order chi connectivity index (χ0) is 14.0. The van der Waals surface area contributed by atoms with Gasteiger partial charge in [-0.2, -0.15) is 0 Å². The van der Waals surface area contributed by atoms with Gasteiger partial charge in [-0.25, -0.2) is 9.78 Å². The summed E-state index contributed by atoms with van der Waals surface area (Å²) in [5.74, 6) is -0.349. The minimum absolute atomic E-state index is 0.349. The Balaban J connectivity index is 2.31. The first-order valence-electron chi connectivity index (χ1n) is 5.88. The van der Waals surface area contributed by atoms with Crippen molar-refractivity contribution in [1.82, 2.24) is 4.98 Å². The van der Waals surface area contributed by atoms with Gasteiger partial charge in [-0.1, -0.05) is 29.0 Å². The van der Waals surface area contributed by atoms with Crippen LogP contribution in [0.3, 0.4) is 0 Å². The lowest BCUT2D eigenvalue weighted by atomic mass is 10.1. The number of esters is 1. The standard InChI is InChI=1S/C14H16N2O2S/c1-9-5-6-11(10(2)7-9)16(3)14-15-8-12(19-14)13(17)18-4/h5-8H,1-4H3. The van der Waals surface area contributed by atoms with Crippen molar-refractivity contribution in [1.29, 1.82) is 0 Å². The summed E-state index contributed by atoms with van der Waals surface area (Å²) in [7, 11) is 3.31. The number of carbonyl (C=O) groups excluding carboxylic acids is 1. The number of hydrogen-bond donors (Lipinski definition) is 0. The highest BCUT2D eigenvalue weighted by molar-refractivity contribution is 7.17. The Labute approximate surface area is 116 Å². The van der Waals surface area contributed by atoms with E-state index in [-0.39, 0.29) is 5.97 Å². The number of aromatic nitrogens is 1. The van der Waals surface area contributed by atoms with Crippen LogP contribution in [0, 0.1) is 13.8 Å². The molecule has 0 radical (unpaired) electrons. The Morgan fingerprint density at radius 3 is 2.74 bits per heavy atom. The monoisotopic (exact) mass is 276 g/mol. The van der Waals surface area contributed by atoms with Crippen molar-refractivity contribution >= 4 is 28.1 Å². The smallest absolute Gasteiger partial charge is 0.349 e. The predicted octanol–water partition coefficient (Wildman–Crippen LogP) is 3.31. The van der Waals surface area contributed by atoms with E-state index in [0.29, 0.717) is 4.88 Å². The highest BCUT2D eigenvalue weighted by Crippen LogP contribution is 2.30. The molecular formula is C14H16N2O2S. The van der Waals surface area contributed by atoms with Crippen molar-refractivity contribution in [3.05, 3.63) is 40.4 Å². The third kappa shape index (κ3) is 2.76. The molecule has 2 rings (SSSR count). The number of methoxy groups -OCH3 is 1. The van der Waals surface area contributed by atoms with Gasteiger partial charge in [0.05, 0.1) is 13.3 Å². The highest BCUT2D eigenvalue weighted by atomic mass is 32.1. The molecule has 1 aromatic carbocycles. The fraction of sp³-hybridized carbons (Fsp3) is 0.286. The summed E-state index contributed by atoms with van der Waals surface area (Å²) >= 11 is 1.32. The van der Waals surface area contributed by atoms with Crippen LogP contribution >= 0.6 is 11.3 Å². The van der Waals surface area contributed by atoms with Crippen molar-refractivity contribution in [2.75, 3.05) is 19.1 Å². The van der Waals surface area contributed by atoms with Gasteiger partial charge in [0.25, 0.3) is 0 Å². The SMILES string of the molecule is COC(=O)c1cnc(N(C)c2ccc(C)cc2C)s1. The van der Waals surface area contributed by atoms with Crippen LogP contribution in [-0.4, -0.2) is 25.1 Å². The maximum absolute atomic E-state index is 11.4. The lowest BCUT2D eigenvalue weighted by molar-refractivity contribution is 0.0606. The van der Waals surface area contributed by atoms with Crippen molar-refractivity contribution < 1.29 is 9.53 Å². The normalized spacial score (nSPS) is 10.3. The van der Waals surface area contributed by atoms with E-state index in [9.17, 15) is 4.79 Å². The second-order valence-electron chi connectivity index (χ2n) is 4.35. The van der Waals surface area contributed by atoms with Gasteiger partial charge in [-0.3, -0.25) is 0 Å². The molecule has 0 spiro atoms. The third-order valence-electron chi connectivity index (χ3n) is 2.88. The Kier molecular flexibility index (Phi) is 3.85. The van der Waals surface area contributed by atoms with E-state index >= 15 is 0 Å². The quantitative estimate of drug-likeness (QED) is 0.807. The van der Waals surface area contributed by atoms with Crippen LogP contribution in [0.15, 0.2) is 24.4 Å². The third-order valence-corrected chi connectivity index (χ3v) is 3.93. The molecular weight excluding hydrogens is 260 g/mol. The van der Waals surface area contributed by atoms with E-state index in [1.54, 1.807) is 6.20 Å². The molecule has 0 saturated heterocycles. The summed E-state index contributed by atoms with van der Waals surface area (Å²) in [6.45, 7) is 4.13. The molecule has 1 aromatic heterocycles. The van der Waals surface area contributed by atoms with Gasteiger partial charge >= 0.3 is 5.97 Å². The first kappa shape index (κ1) is 13.5. The van der Waals surface area contributed by atoms with Crippen molar-refractivity contribution in [2.45, 2.75) is 13.8 Å². The fourth-order valence-electron chi connectivity index (χ4n) is 1.90. The van der Waals surface area contributed by atoms with Crippen LogP contribution in [0.2, 0.25) is 0 Å². The van der Waals surface area contributed by atoms with Crippen molar-refractivity contribution in [3.8, 4) is 0 Å². The van der Waals surface area contributed by atoms with Crippen molar-refractivity contribution in [2.24, 2.45) is 0 Å². The van der Waals surface area contributed by atoms with Crippen LogP contribution in [-0.2, 0) is 4.74 Å². The van der Waals surface area contributed by atoms with Crippen LogP contribution < -0.4 is 4.90 Å². The zero-order valence-electron chi connectivity index (χ0n) is 11.4. The molecule has 0 aliphatic rings. The molecule has 19 heavy (non-hydrogen) atoms. The number of thiazole rings is 1. The summed E-state index contributed by atoms with van der Waals surface area (Å²) < 4.78 is 4.69. The summed E-state index contributed by atoms with van der Waals surface area (Å²) in [6, 6.07) is 6.25. The average molecular weight is 276 g/mol. The minimum atomic E-state index is -0.349. The molecule has 0 amide bonds. The van der Waals surface area contributed by atoms with Crippen LogP contribution in [0.5, 0.6) is 0 Å². The summed E-state index contributed by atoms with van der Waals surface area (Å²) in [4.78, 5) is 18.2. The molecule has 4 nitrogen and oxygen atoms in total. The number of benzene rings is 1. The maximum atomic E-state index is 11.4. The average Bonchev–Trinajstić information content (AvgIpc) is 2.86. The first-order chi connectivity index (χ1) is 9.02. The number of anilines is 2. The van der Waals surface area contributed by atoms with Crippen LogP contribution in [0.25, 0.3) is 0 Å². The fourth-order valence-corrected chi connectivity index (χ4v) is 2.71. The largest absolute Gasteiger partial charge is 0.465 e. The predicted molar refractivity (Wildman–Crippen MR) is 77.4 cm³/mol. The molecule has 5 heteroatoms. The zero-order valence-corrected chi connectivity index (χ0v) is 12.2. The molecule has 0 unspecified atom stereocenters. The first-order valence-corrected chi connectivity index (χ1v) is 6.69. The van der Waals surface area contributed by atoms with Gasteiger partial charge in [-0.15, -0.1) is 0 Å². The van der Waals surface area contributed by atoms with Gasteiger partial charge in [-0.05, 0) is 25.5 Å². The molecule has 0 fully saturated rings. The molecule has 0 aliphatic carbocycles. The number of rotatable bonds is 3. The van der Waals surface area contributed by atoms with Gasteiger partial charge < -0.3 is 9.64 Å². The van der Waals surface area contributed by atoms with E-state index in [0.717, 1.165) is 10.8 Å². The topological polar surface area (TPSA) is 42.4 Å². The van der Waals surface area contributed by atoms with E-state index in [1.807, 2.05) is 11.9 Å². The Bertz CT molecular complexity index is 607. The summed E-state index contributed by atoms with van der Waals surface area (Å²) in [5.41, 5.74) is 3.48. The number of carbonyl (C=O) groups is 1. The summed E-state index contributed by atoms with van der Waals surface area (Å²) in [5, 5.41) is 0.771. The van der Waals surface area contributed by atoms with Gasteiger partial charge in [0.15, 0.2) is 5.13 Å². The number of ether oxygens (including phenoxy) is 1. The maximum Gasteiger partial charge on any atom is 0.349 e. The minimum Gasteiger partial charge on any atom is -0.465 e. The lowest BCUT2D eigenvalue weighted by Gasteiger charge is -2.18. The number of hydrogen-bond acceptors (Lipinski definition) is 5. The Hall–Kier alpha value is -1.88. The molecule has 0 atom stereocenters. The number of aryl methyl sites for hydroxylation is 2. The van der Waals surface area contributed by atoms with Crippen LogP contribution in [0.4, 0.5) is 10.8 Å². The van der Waals surface area contributed by atoms with Gasteiger partial charge in [0, 0.05) is 12.7 Å². The second kappa shape index (κ2) is 5.40. The second-order valence-corrected chi connectivity index (χ2v) is 5.36. The number of nitrogens with zero attached hydrogens (tertiary/aromatic N) is 2. The van der Waals surface area contributed by atoms with E-state index in [2.05, 4.69) is 41.8 Å². The summed E-state index contributed by atoms with van der Waals surface area (Å²) in [6.07, 6.45) is 1.55. The molecule has 2 aromatic rings. The molecule has 0 bridgehead atoms.